The number of carbonyl (C=O) groups excluding carboxylic acids is 1. The number of aliphatic imine (C=N–C) groups is 1. The minimum Gasteiger partial charge on any atom is -0.357 e. The highest BCUT2D eigenvalue weighted by molar-refractivity contribution is 14.0. The Morgan fingerprint density at radius 2 is 2.08 bits per heavy atom. The molecule has 146 valence electrons. The molecule has 0 radical (unpaired) electrons. The fraction of sp³-hybridized carbons (Fsp3) is 0.579. The third-order valence-corrected chi connectivity index (χ3v) is 4.87. The number of hydrogen-bond donors (Lipinski definition) is 2. The van der Waals surface area contributed by atoms with E-state index in [-0.39, 0.29) is 24.0 Å². The number of hydrogen-bond acceptors (Lipinski definition) is 2. The van der Waals surface area contributed by atoms with Crippen LogP contribution in [0.4, 0.5) is 0 Å². The molecule has 1 aliphatic heterocycles. The molecule has 0 spiro atoms. The summed E-state index contributed by atoms with van der Waals surface area (Å²) in [6, 6.07) is 8.07. The summed E-state index contributed by atoms with van der Waals surface area (Å²) in [5.74, 6) is 1.08. The Hall–Kier alpha value is -1.02. The molecule has 7 heteroatoms. The summed E-state index contributed by atoms with van der Waals surface area (Å²) in [6.07, 6.45) is 3.61. The van der Waals surface area contributed by atoms with Crippen LogP contribution in [-0.2, 0) is 11.3 Å². The zero-order chi connectivity index (χ0) is 18.1. The molecule has 1 heterocycles. The second-order valence-electron chi connectivity index (χ2n) is 6.25. The van der Waals surface area contributed by atoms with Crippen LogP contribution < -0.4 is 10.6 Å². The van der Waals surface area contributed by atoms with E-state index in [2.05, 4.69) is 22.5 Å². The molecule has 2 rings (SSSR count). The molecule has 1 atom stereocenters. The molecule has 2 N–H and O–H groups in total. The van der Waals surface area contributed by atoms with E-state index in [1.807, 2.05) is 36.1 Å². The predicted octanol–water partition coefficient (Wildman–Crippen LogP) is 3.80. The summed E-state index contributed by atoms with van der Waals surface area (Å²) in [4.78, 5) is 18.6. The molecule has 26 heavy (non-hydrogen) atoms. The zero-order valence-corrected chi connectivity index (χ0v) is 18.7. The molecule has 1 aliphatic rings. The summed E-state index contributed by atoms with van der Waals surface area (Å²) in [5.41, 5.74) is 1.01. The first-order valence-corrected chi connectivity index (χ1v) is 9.58. The average Bonchev–Trinajstić information content (AvgIpc) is 3.03. The zero-order valence-electron chi connectivity index (χ0n) is 15.6. The third-order valence-electron chi connectivity index (χ3n) is 4.50. The molecular weight excluding hydrogens is 463 g/mol. The van der Waals surface area contributed by atoms with E-state index >= 15 is 0 Å². The van der Waals surface area contributed by atoms with Gasteiger partial charge < -0.3 is 15.5 Å². The lowest BCUT2D eigenvalue weighted by Crippen LogP contribution is -2.42. The maximum Gasteiger partial charge on any atom is 0.222 e. The average molecular weight is 493 g/mol. The Morgan fingerprint density at radius 1 is 1.31 bits per heavy atom. The topological polar surface area (TPSA) is 56.7 Å². The fourth-order valence-electron chi connectivity index (χ4n) is 3.13. The van der Waals surface area contributed by atoms with Crippen molar-refractivity contribution >= 4 is 47.4 Å². The van der Waals surface area contributed by atoms with Crippen LogP contribution in [0.25, 0.3) is 0 Å². The van der Waals surface area contributed by atoms with Crippen LogP contribution in [-0.4, -0.2) is 42.4 Å². The Labute approximate surface area is 179 Å². The van der Waals surface area contributed by atoms with Crippen LogP contribution in [0.15, 0.2) is 29.3 Å². The van der Waals surface area contributed by atoms with Gasteiger partial charge in [-0.25, -0.2) is 4.99 Å². The molecular formula is C19H30ClIN4O. The minimum atomic E-state index is 0. The Bertz CT molecular complexity index is 597. The second-order valence-corrected chi connectivity index (χ2v) is 6.66. The van der Waals surface area contributed by atoms with Crippen molar-refractivity contribution in [2.45, 2.75) is 52.1 Å². The Balaban J connectivity index is 0.00000338. The molecule has 1 amide bonds. The van der Waals surface area contributed by atoms with Gasteiger partial charge in [-0.1, -0.05) is 36.7 Å². The quantitative estimate of drug-likeness (QED) is 0.330. The van der Waals surface area contributed by atoms with Gasteiger partial charge in [0.05, 0.1) is 6.54 Å². The number of benzene rings is 1. The first-order chi connectivity index (χ1) is 12.2. The largest absolute Gasteiger partial charge is 0.357 e. The van der Waals surface area contributed by atoms with Gasteiger partial charge >= 0.3 is 0 Å². The van der Waals surface area contributed by atoms with Gasteiger partial charge in [-0.3, -0.25) is 4.79 Å². The lowest BCUT2D eigenvalue weighted by molar-refractivity contribution is -0.129. The van der Waals surface area contributed by atoms with Crippen LogP contribution in [0.2, 0.25) is 5.02 Å². The summed E-state index contributed by atoms with van der Waals surface area (Å²) >= 11 is 6.19. The molecule has 0 aliphatic carbocycles. The van der Waals surface area contributed by atoms with Crippen molar-refractivity contribution in [3.05, 3.63) is 34.9 Å². The Morgan fingerprint density at radius 3 is 2.69 bits per heavy atom. The monoisotopic (exact) mass is 492 g/mol. The molecule has 1 aromatic rings. The Kier molecular flexibility index (Phi) is 11.0. The number of carbonyl (C=O) groups is 1. The predicted molar refractivity (Wildman–Crippen MR) is 119 cm³/mol. The second kappa shape index (κ2) is 12.4. The summed E-state index contributed by atoms with van der Waals surface area (Å²) < 4.78 is 0. The lowest BCUT2D eigenvalue weighted by Gasteiger charge is -2.27. The number of nitrogens with one attached hydrogen (secondary N) is 2. The molecule has 5 nitrogen and oxygen atoms in total. The standard InChI is InChI=1S/C19H29ClN4O.HI/c1-3-16(24-13-7-10-18(24)25)11-12-22-19(21-4-2)23-14-15-8-5-6-9-17(15)20;/h5-6,8-9,16H,3-4,7,10-14H2,1-2H3,(H2,21,22,23);1H. The maximum absolute atomic E-state index is 11.9. The summed E-state index contributed by atoms with van der Waals surface area (Å²) in [6.45, 7) is 7.22. The van der Waals surface area contributed by atoms with Crippen molar-refractivity contribution in [3.63, 3.8) is 0 Å². The number of rotatable bonds is 8. The molecule has 1 aromatic carbocycles. The van der Waals surface area contributed by atoms with Crippen LogP contribution in [0.3, 0.4) is 0 Å². The van der Waals surface area contributed by atoms with Crippen LogP contribution >= 0.6 is 35.6 Å². The minimum absolute atomic E-state index is 0. The number of nitrogens with zero attached hydrogens (tertiary/aromatic N) is 2. The van der Waals surface area contributed by atoms with Gasteiger partial charge in [0.25, 0.3) is 0 Å². The molecule has 0 bridgehead atoms. The third kappa shape index (κ3) is 6.95. The number of halogens is 2. The van der Waals surface area contributed by atoms with Crippen molar-refractivity contribution in [2.24, 2.45) is 4.99 Å². The highest BCUT2D eigenvalue weighted by atomic mass is 127. The highest BCUT2D eigenvalue weighted by Gasteiger charge is 2.26. The van der Waals surface area contributed by atoms with E-state index < -0.39 is 0 Å². The van der Waals surface area contributed by atoms with E-state index in [0.29, 0.717) is 24.9 Å². The van der Waals surface area contributed by atoms with E-state index in [9.17, 15) is 4.79 Å². The van der Waals surface area contributed by atoms with E-state index in [1.54, 1.807) is 0 Å². The highest BCUT2D eigenvalue weighted by Crippen LogP contribution is 2.18. The SMILES string of the molecule is CCNC(=NCc1ccccc1Cl)NCCC(CC)N1CCCC1=O.I. The van der Waals surface area contributed by atoms with Crippen LogP contribution in [0.5, 0.6) is 0 Å². The van der Waals surface area contributed by atoms with Gasteiger partial charge in [0.2, 0.25) is 5.91 Å². The van der Waals surface area contributed by atoms with Crippen molar-refractivity contribution in [1.29, 1.82) is 0 Å². The normalized spacial score (nSPS) is 15.6. The van der Waals surface area contributed by atoms with Gasteiger partial charge in [0.1, 0.15) is 0 Å². The lowest BCUT2D eigenvalue weighted by atomic mass is 10.1. The van der Waals surface area contributed by atoms with Gasteiger partial charge in [0.15, 0.2) is 5.96 Å². The fourth-order valence-corrected chi connectivity index (χ4v) is 3.32. The smallest absolute Gasteiger partial charge is 0.222 e. The van der Waals surface area contributed by atoms with Gasteiger partial charge in [0, 0.05) is 37.1 Å². The van der Waals surface area contributed by atoms with Crippen LogP contribution in [0, 0.1) is 0 Å². The maximum atomic E-state index is 11.9. The first-order valence-electron chi connectivity index (χ1n) is 9.20. The van der Waals surface area contributed by atoms with Gasteiger partial charge in [-0.2, -0.15) is 0 Å². The van der Waals surface area contributed by atoms with Crippen molar-refractivity contribution in [2.75, 3.05) is 19.6 Å². The number of guanidine groups is 1. The van der Waals surface area contributed by atoms with Crippen molar-refractivity contribution in [1.82, 2.24) is 15.5 Å². The first kappa shape index (κ1) is 23.0. The van der Waals surface area contributed by atoms with E-state index in [1.165, 1.54) is 0 Å². The van der Waals surface area contributed by atoms with E-state index in [4.69, 9.17) is 11.6 Å². The number of amides is 1. The molecule has 0 saturated carbocycles. The van der Waals surface area contributed by atoms with Crippen molar-refractivity contribution in [3.8, 4) is 0 Å². The van der Waals surface area contributed by atoms with Gasteiger partial charge in [-0.15, -0.1) is 24.0 Å². The summed E-state index contributed by atoms with van der Waals surface area (Å²) in [7, 11) is 0. The van der Waals surface area contributed by atoms with Gasteiger partial charge in [-0.05, 0) is 37.8 Å². The molecule has 1 fully saturated rings. The van der Waals surface area contributed by atoms with E-state index in [0.717, 1.165) is 55.4 Å². The van der Waals surface area contributed by atoms with Crippen molar-refractivity contribution < 1.29 is 4.79 Å². The van der Waals surface area contributed by atoms with Crippen LogP contribution in [0.1, 0.15) is 45.1 Å². The number of likely N-dealkylation sites (tertiary alicyclic amines) is 1. The molecule has 0 aromatic heterocycles. The summed E-state index contributed by atoms with van der Waals surface area (Å²) in [5, 5.41) is 7.37. The molecule has 1 saturated heterocycles. The molecule has 1 unspecified atom stereocenters.